The highest BCUT2D eigenvalue weighted by Gasteiger charge is 2.08. The number of benzene rings is 2. The zero-order chi connectivity index (χ0) is 13.2. The summed E-state index contributed by atoms with van der Waals surface area (Å²) < 4.78 is 13.2. The number of aromatic nitrogens is 1. The lowest BCUT2D eigenvalue weighted by Gasteiger charge is -2.05. The van der Waals surface area contributed by atoms with Crippen LogP contribution in [0, 0.1) is 5.82 Å². The minimum absolute atomic E-state index is 0.216. The largest absolute Gasteiger partial charge is 0.360 e. The Morgan fingerprint density at radius 1 is 1.11 bits per heavy atom. The molecule has 3 rings (SSSR count). The van der Waals surface area contributed by atoms with Crippen molar-refractivity contribution >= 4 is 38.6 Å². The van der Waals surface area contributed by atoms with Gasteiger partial charge in [0, 0.05) is 32.2 Å². The third-order valence-corrected chi connectivity index (χ3v) is 4.72. The molecule has 0 aliphatic carbocycles. The van der Waals surface area contributed by atoms with E-state index in [1.807, 2.05) is 24.4 Å². The van der Waals surface area contributed by atoms with Crippen molar-refractivity contribution in [3.05, 3.63) is 60.0 Å². The summed E-state index contributed by atoms with van der Waals surface area (Å²) in [5.74, 6) is -0.216. The third-order valence-electron chi connectivity index (χ3n) is 2.94. The van der Waals surface area contributed by atoms with Crippen LogP contribution in [-0.4, -0.2) is 4.98 Å². The number of alkyl halides is 1. The van der Waals surface area contributed by atoms with Gasteiger partial charge in [0.1, 0.15) is 5.82 Å². The monoisotopic (exact) mass is 335 g/mol. The Labute approximate surface area is 123 Å². The molecule has 0 unspecified atom stereocenters. The second kappa shape index (κ2) is 5.39. The van der Waals surface area contributed by atoms with Crippen LogP contribution in [0.15, 0.2) is 58.5 Å². The Morgan fingerprint density at radius 3 is 2.79 bits per heavy atom. The molecule has 0 aliphatic heterocycles. The van der Waals surface area contributed by atoms with Gasteiger partial charge in [-0.15, -0.1) is 0 Å². The van der Waals surface area contributed by atoms with Crippen LogP contribution in [-0.2, 0) is 5.33 Å². The molecule has 0 atom stereocenters. The molecular formula is C15H11BrFNS. The van der Waals surface area contributed by atoms with Gasteiger partial charge in [-0.25, -0.2) is 4.39 Å². The summed E-state index contributed by atoms with van der Waals surface area (Å²) in [6, 6.07) is 13.1. The fourth-order valence-corrected chi connectivity index (χ4v) is 3.72. The summed E-state index contributed by atoms with van der Waals surface area (Å²) >= 11 is 5.20. The number of hydrogen-bond donors (Lipinski definition) is 1. The molecule has 0 saturated heterocycles. The van der Waals surface area contributed by atoms with E-state index in [1.54, 1.807) is 11.8 Å². The van der Waals surface area contributed by atoms with E-state index in [1.165, 1.54) is 22.6 Å². The molecule has 0 fully saturated rings. The molecule has 0 amide bonds. The number of halogens is 2. The lowest BCUT2D eigenvalue weighted by atomic mass is 10.2. The van der Waals surface area contributed by atoms with Crippen LogP contribution < -0.4 is 0 Å². The molecule has 19 heavy (non-hydrogen) atoms. The van der Waals surface area contributed by atoms with E-state index in [0.717, 1.165) is 21.1 Å². The summed E-state index contributed by atoms with van der Waals surface area (Å²) in [5, 5.41) is 1.88. The average Bonchev–Trinajstić information content (AvgIpc) is 2.82. The molecule has 96 valence electrons. The van der Waals surface area contributed by atoms with Gasteiger partial charge in [-0.2, -0.15) is 0 Å². The predicted octanol–water partition coefficient (Wildman–Crippen LogP) is 5.35. The van der Waals surface area contributed by atoms with Crippen LogP contribution in [0.3, 0.4) is 0 Å². The molecule has 0 spiro atoms. The maximum Gasteiger partial charge on any atom is 0.125 e. The molecular weight excluding hydrogens is 325 g/mol. The molecule has 0 saturated carbocycles. The summed E-state index contributed by atoms with van der Waals surface area (Å²) in [6.45, 7) is 0. The van der Waals surface area contributed by atoms with Gasteiger partial charge in [0.15, 0.2) is 0 Å². The van der Waals surface area contributed by atoms with Gasteiger partial charge in [0.25, 0.3) is 0 Å². The Kier molecular flexibility index (Phi) is 3.62. The van der Waals surface area contributed by atoms with Crippen LogP contribution in [0.5, 0.6) is 0 Å². The van der Waals surface area contributed by atoms with Crippen LogP contribution in [0.1, 0.15) is 5.56 Å². The Morgan fingerprint density at radius 2 is 1.95 bits per heavy atom. The minimum atomic E-state index is -0.216. The van der Waals surface area contributed by atoms with Crippen molar-refractivity contribution in [2.75, 3.05) is 0 Å². The molecule has 4 heteroatoms. The highest BCUT2D eigenvalue weighted by molar-refractivity contribution is 9.08. The van der Waals surface area contributed by atoms with Crippen molar-refractivity contribution in [2.45, 2.75) is 15.1 Å². The lowest BCUT2D eigenvalue weighted by molar-refractivity contribution is 0.629. The number of aromatic amines is 1. The molecule has 0 aliphatic rings. The van der Waals surface area contributed by atoms with Gasteiger partial charge >= 0.3 is 0 Å². The highest BCUT2D eigenvalue weighted by atomic mass is 79.9. The smallest absolute Gasteiger partial charge is 0.125 e. The van der Waals surface area contributed by atoms with E-state index in [9.17, 15) is 4.39 Å². The first-order valence-electron chi connectivity index (χ1n) is 5.86. The van der Waals surface area contributed by atoms with Gasteiger partial charge in [-0.1, -0.05) is 45.9 Å². The SMILES string of the molecule is Fc1ccc2c(Sc3ccccc3CBr)c[nH]c2c1. The lowest BCUT2D eigenvalue weighted by Crippen LogP contribution is -1.82. The van der Waals surface area contributed by atoms with E-state index in [4.69, 9.17) is 0 Å². The van der Waals surface area contributed by atoms with E-state index in [0.29, 0.717) is 0 Å². The fraction of sp³-hybridized carbons (Fsp3) is 0.0667. The number of hydrogen-bond acceptors (Lipinski definition) is 1. The average molecular weight is 336 g/mol. The molecule has 1 N–H and O–H groups in total. The molecule has 1 nitrogen and oxygen atoms in total. The number of fused-ring (bicyclic) bond motifs is 1. The molecule has 0 bridgehead atoms. The van der Waals surface area contributed by atoms with Crippen molar-refractivity contribution in [1.29, 1.82) is 0 Å². The summed E-state index contributed by atoms with van der Waals surface area (Å²) in [4.78, 5) is 5.44. The van der Waals surface area contributed by atoms with E-state index >= 15 is 0 Å². The van der Waals surface area contributed by atoms with Gasteiger partial charge in [0.2, 0.25) is 0 Å². The predicted molar refractivity (Wildman–Crippen MR) is 81.5 cm³/mol. The Hall–Kier alpha value is -1.26. The fourth-order valence-electron chi connectivity index (χ4n) is 1.99. The molecule has 3 aromatic rings. The van der Waals surface area contributed by atoms with E-state index in [2.05, 4.69) is 33.0 Å². The second-order valence-electron chi connectivity index (χ2n) is 4.19. The van der Waals surface area contributed by atoms with Gasteiger partial charge in [-0.3, -0.25) is 0 Å². The van der Waals surface area contributed by atoms with Gasteiger partial charge in [0.05, 0.1) is 0 Å². The zero-order valence-corrected chi connectivity index (χ0v) is 12.4. The zero-order valence-electron chi connectivity index (χ0n) is 9.99. The van der Waals surface area contributed by atoms with E-state index < -0.39 is 0 Å². The van der Waals surface area contributed by atoms with Gasteiger partial charge in [-0.05, 0) is 29.8 Å². The van der Waals surface area contributed by atoms with Crippen molar-refractivity contribution in [2.24, 2.45) is 0 Å². The maximum absolute atomic E-state index is 13.2. The van der Waals surface area contributed by atoms with Crippen molar-refractivity contribution in [3.63, 3.8) is 0 Å². The first-order chi connectivity index (χ1) is 9.28. The number of rotatable bonds is 3. The maximum atomic E-state index is 13.2. The van der Waals surface area contributed by atoms with E-state index in [-0.39, 0.29) is 5.82 Å². The molecule has 1 heterocycles. The van der Waals surface area contributed by atoms with Crippen LogP contribution in [0.25, 0.3) is 10.9 Å². The molecule has 1 aromatic heterocycles. The first-order valence-corrected chi connectivity index (χ1v) is 7.80. The van der Waals surface area contributed by atoms with Crippen molar-refractivity contribution in [1.82, 2.24) is 4.98 Å². The second-order valence-corrected chi connectivity index (χ2v) is 5.83. The van der Waals surface area contributed by atoms with Crippen LogP contribution in [0.4, 0.5) is 4.39 Å². The van der Waals surface area contributed by atoms with Crippen molar-refractivity contribution < 1.29 is 4.39 Å². The summed E-state index contributed by atoms with van der Waals surface area (Å²) in [7, 11) is 0. The molecule has 0 radical (unpaired) electrons. The topological polar surface area (TPSA) is 15.8 Å². The van der Waals surface area contributed by atoms with Crippen LogP contribution >= 0.6 is 27.7 Å². The normalized spacial score (nSPS) is 11.1. The standard InChI is InChI=1S/C15H11BrFNS/c16-8-10-3-1-2-4-14(10)19-15-9-18-13-7-11(17)5-6-12(13)15/h1-7,9,18H,8H2. The third kappa shape index (κ3) is 2.55. The minimum Gasteiger partial charge on any atom is -0.360 e. The number of nitrogens with one attached hydrogen (secondary N) is 1. The highest BCUT2D eigenvalue weighted by Crippen LogP contribution is 2.36. The Balaban J connectivity index is 2.01. The Bertz CT molecular complexity index is 723. The summed E-state index contributed by atoms with van der Waals surface area (Å²) in [6.07, 6.45) is 1.93. The molecule has 2 aromatic carbocycles. The van der Waals surface area contributed by atoms with Crippen molar-refractivity contribution in [3.8, 4) is 0 Å². The number of H-pyrrole nitrogens is 1. The summed E-state index contributed by atoms with van der Waals surface area (Å²) in [5.41, 5.74) is 2.09. The van der Waals surface area contributed by atoms with Gasteiger partial charge < -0.3 is 4.98 Å². The van der Waals surface area contributed by atoms with Crippen LogP contribution in [0.2, 0.25) is 0 Å². The first kappa shape index (κ1) is 12.8. The quantitative estimate of drug-likeness (QED) is 0.637.